The Morgan fingerprint density at radius 3 is 2.76 bits per heavy atom. The summed E-state index contributed by atoms with van der Waals surface area (Å²) in [7, 11) is 1.65. The molecule has 1 aromatic heterocycles. The van der Waals surface area contributed by atoms with Crippen LogP contribution < -0.4 is 0 Å². The lowest BCUT2D eigenvalue weighted by atomic mass is 10.1. The van der Waals surface area contributed by atoms with E-state index in [9.17, 15) is 0 Å². The lowest BCUT2D eigenvalue weighted by Gasteiger charge is -2.18. The van der Waals surface area contributed by atoms with Crippen molar-refractivity contribution < 1.29 is 14.4 Å². The predicted molar refractivity (Wildman–Crippen MR) is 77.8 cm³/mol. The molecule has 1 N–H and O–H groups in total. The number of aromatic nitrogens is 2. The maximum Gasteiger partial charge on any atom is 0.240 e. The average molecular weight is 291 g/mol. The lowest BCUT2D eigenvalue weighted by Crippen LogP contribution is -2.30. The van der Waals surface area contributed by atoms with Crippen molar-refractivity contribution in [2.45, 2.75) is 13.0 Å². The van der Waals surface area contributed by atoms with Gasteiger partial charge in [-0.05, 0) is 5.56 Å². The molecule has 0 aliphatic heterocycles. The van der Waals surface area contributed by atoms with Gasteiger partial charge in [-0.2, -0.15) is 4.98 Å². The number of hydrogen-bond acceptors (Lipinski definition) is 6. The Labute approximate surface area is 124 Å². The largest absolute Gasteiger partial charge is 0.395 e. The molecule has 0 unspecified atom stereocenters. The Morgan fingerprint density at radius 2 is 2.05 bits per heavy atom. The minimum absolute atomic E-state index is 0.0920. The number of hydrogen-bond donors (Lipinski definition) is 1. The molecule has 1 heterocycles. The standard InChI is InChI=1S/C15H21N3O3/c1-20-10-8-18(7-9-19)12-15-16-14(17-21-15)11-13-5-3-2-4-6-13/h2-6,19H,7-12H2,1H3. The van der Waals surface area contributed by atoms with E-state index >= 15 is 0 Å². The van der Waals surface area contributed by atoms with Gasteiger partial charge in [-0.3, -0.25) is 4.90 Å². The fourth-order valence-corrected chi connectivity index (χ4v) is 2.03. The summed E-state index contributed by atoms with van der Waals surface area (Å²) in [6.07, 6.45) is 0.655. The summed E-state index contributed by atoms with van der Waals surface area (Å²) in [5.41, 5.74) is 1.15. The molecule has 0 bridgehead atoms. The summed E-state index contributed by atoms with van der Waals surface area (Å²) >= 11 is 0. The molecular weight excluding hydrogens is 270 g/mol. The zero-order valence-electron chi connectivity index (χ0n) is 12.2. The fraction of sp³-hybridized carbons (Fsp3) is 0.467. The van der Waals surface area contributed by atoms with Crippen LogP contribution in [-0.4, -0.2) is 53.6 Å². The van der Waals surface area contributed by atoms with Gasteiger partial charge in [0.2, 0.25) is 5.89 Å². The van der Waals surface area contributed by atoms with Crippen LogP contribution in [0.4, 0.5) is 0 Å². The van der Waals surface area contributed by atoms with Crippen molar-refractivity contribution in [1.82, 2.24) is 15.0 Å². The first-order valence-electron chi connectivity index (χ1n) is 6.99. The molecule has 21 heavy (non-hydrogen) atoms. The number of nitrogens with zero attached hydrogens (tertiary/aromatic N) is 3. The van der Waals surface area contributed by atoms with E-state index in [1.807, 2.05) is 35.2 Å². The van der Waals surface area contributed by atoms with E-state index in [4.69, 9.17) is 14.4 Å². The Kier molecular flexibility index (Phi) is 6.33. The second-order valence-corrected chi connectivity index (χ2v) is 4.76. The van der Waals surface area contributed by atoms with E-state index in [2.05, 4.69) is 10.1 Å². The van der Waals surface area contributed by atoms with Gasteiger partial charge in [0.05, 0.1) is 19.8 Å². The van der Waals surface area contributed by atoms with Gasteiger partial charge in [-0.1, -0.05) is 35.5 Å². The third-order valence-corrected chi connectivity index (χ3v) is 3.10. The molecule has 0 fully saturated rings. The van der Waals surface area contributed by atoms with Gasteiger partial charge in [0, 0.05) is 26.6 Å². The third-order valence-electron chi connectivity index (χ3n) is 3.10. The van der Waals surface area contributed by atoms with Crippen molar-refractivity contribution in [2.24, 2.45) is 0 Å². The monoisotopic (exact) mass is 291 g/mol. The first-order valence-corrected chi connectivity index (χ1v) is 6.99. The summed E-state index contributed by atoms with van der Waals surface area (Å²) in [5, 5.41) is 13.1. The van der Waals surface area contributed by atoms with Crippen LogP contribution in [0.25, 0.3) is 0 Å². The lowest BCUT2D eigenvalue weighted by molar-refractivity contribution is 0.118. The third kappa shape index (κ3) is 5.26. The van der Waals surface area contributed by atoms with Crippen LogP contribution in [0.1, 0.15) is 17.3 Å². The molecule has 0 saturated heterocycles. The van der Waals surface area contributed by atoms with Crippen LogP contribution in [0.2, 0.25) is 0 Å². The number of aliphatic hydroxyl groups is 1. The van der Waals surface area contributed by atoms with Crippen molar-refractivity contribution >= 4 is 0 Å². The molecule has 114 valence electrons. The zero-order chi connectivity index (χ0) is 14.9. The smallest absolute Gasteiger partial charge is 0.240 e. The highest BCUT2D eigenvalue weighted by molar-refractivity contribution is 5.18. The van der Waals surface area contributed by atoms with Crippen LogP contribution >= 0.6 is 0 Å². The topological polar surface area (TPSA) is 71.6 Å². The van der Waals surface area contributed by atoms with Gasteiger partial charge in [0.15, 0.2) is 5.82 Å². The summed E-state index contributed by atoms with van der Waals surface area (Å²) in [5.74, 6) is 1.23. The molecule has 0 saturated carbocycles. The van der Waals surface area contributed by atoms with Gasteiger partial charge in [0.25, 0.3) is 0 Å². The molecule has 6 heteroatoms. The number of methoxy groups -OCH3 is 1. The van der Waals surface area contributed by atoms with E-state index in [-0.39, 0.29) is 6.61 Å². The van der Waals surface area contributed by atoms with Crippen molar-refractivity contribution in [1.29, 1.82) is 0 Å². The summed E-state index contributed by atoms with van der Waals surface area (Å²) in [6.45, 7) is 2.48. The van der Waals surface area contributed by atoms with Crippen LogP contribution in [0, 0.1) is 0 Å². The molecule has 2 rings (SSSR count). The molecule has 0 radical (unpaired) electrons. The van der Waals surface area contributed by atoms with Gasteiger partial charge in [-0.25, -0.2) is 0 Å². The highest BCUT2D eigenvalue weighted by Gasteiger charge is 2.12. The van der Waals surface area contributed by atoms with Crippen LogP contribution in [-0.2, 0) is 17.7 Å². The quantitative estimate of drug-likeness (QED) is 0.746. The van der Waals surface area contributed by atoms with Crippen molar-refractivity contribution in [3.05, 3.63) is 47.6 Å². The molecule has 0 aliphatic carbocycles. The zero-order valence-corrected chi connectivity index (χ0v) is 12.2. The van der Waals surface area contributed by atoms with Crippen molar-refractivity contribution in [2.75, 3.05) is 33.4 Å². The summed E-state index contributed by atoms with van der Waals surface area (Å²) < 4.78 is 10.3. The molecular formula is C15H21N3O3. The van der Waals surface area contributed by atoms with Crippen molar-refractivity contribution in [3.63, 3.8) is 0 Å². The first kappa shape index (κ1) is 15.6. The van der Waals surface area contributed by atoms with Gasteiger partial charge in [0.1, 0.15) is 0 Å². The molecule has 0 amide bonds. The normalized spacial score (nSPS) is 11.2. The Bertz CT molecular complexity index is 516. The van der Waals surface area contributed by atoms with Crippen LogP contribution in [0.5, 0.6) is 0 Å². The van der Waals surface area contributed by atoms with E-state index < -0.39 is 0 Å². The summed E-state index contributed by atoms with van der Waals surface area (Å²) in [4.78, 5) is 6.41. The van der Waals surface area contributed by atoms with E-state index in [1.54, 1.807) is 7.11 Å². The number of ether oxygens (including phenoxy) is 1. The van der Waals surface area contributed by atoms with E-state index in [1.165, 1.54) is 0 Å². The fourth-order valence-electron chi connectivity index (χ4n) is 2.03. The minimum Gasteiger partial charge on any atom is -0.395 e. The predicted octanol–water partition coefficient (Wildman–Crippen LogP) is 1.10. The van der Waals surface area contributed by atoms with Gasteiger partial charge in [-0.15, -0.1) is 0 Å². The summed E-state index contributed by atoms with van der Waals surface area (Å²) in [6, 6.07) is 10.0. The van der Waals surface area contributed by atoms with Gasteiger partial charge >= 0.3 is 0 Å². The molecule has 6 nitrogen and oxygen atoms in total. The van der Waals surface area contributed by atoms with Gasteiger partial charge < -0.3 is 14.4 Å². The second kappa shape index (κ2) is 8.51. The van der Waals surface area contributed by atoms with E-state index in [0.717, 1.165) is 5.56 Å². The molecule has 0 atom stereocenters. The molecule has 0 spiro atoms. The minimum atomic E-state index is 0.0920. The highest BCUT2D eigenvalue weighted by Crippen LogP contribution is 2.08. The Morgan fingerprint density at radius 1 is 1.24 bits per heavy atom. The number of benzene rings is 1. The van der Waals surface area contributed by atoms with Crippen LogP contribution in [0.15, 0.2) is 34.9 Å². The number of rotatable bonds is 9. The highest BCUT2D eigenvalue weighted by atomic mass is 16.5. The Hall–Kier alpha value is -1.76. The van der Waals surface area contributed by atoms with E-state index in [0.29, 0.717) is 44.4 Å². The molecule has 1 aromatic carbocycles. The first-order chi connectivity index (χ1) is 10.3. The number of aliphatic hydroxyl groups excluding tert-OH is 1. The molecule has 2 aromatic rings. The average Bonchev–Trinajstić information content (AvgIpc) is 2.93. The van der Waals surface area contributed by atoms with Crippen molar-refractivity contribution in [3.8, 4) is 0 Å². The maximum absolute atomic E-state index is 9.06. The van der Waals surface area contributed by atoms with Crippen LogP contribution in [0.3, 0.4) is 0 Å². The maximum atomic E-state index is 9.06. The Balaban J connectivity index is 1.92. The second-order valence-electron chi connectivity index (χ2n) is 4.76. The molecule has 0 aliphatic rings. The SMILES string of the molecule is COCCN(CCO)Cc1nc(Cc2ccccc2)no1.